The molecule has 15 heavy (non-hydrogen) atoms. The van der Waals surface area contributed by atoms with Gasteiger partial charge in [-0.05, 0) is 24.7 Å². The molecule has 2 atom stereocenters. The quantitative estimate of drug-likeness (QED) is 0.774. The third kappa shape index (κ3) is 3.82. The summed E-state index contributed by atoms with van der Waals surface area (Å²) in [6, 6.07) is 0. The van der Waals surface area contributed by atoms with Gasteiger partial charge < -0.3 is 10.0 Å². The van der Waals surface area contributed by atoms with Crippen LogP contribution in [0.15, 0.2) is 0 Å². The van der Waals surface area contributed by atoms with Crippen molar-refractivity contribution >= 4 is 5.91 Å². The van der Waals surface area contributed by atoms with E-state index < -0.39 is 0 Å². The topological polar surface area (TPSA) is 40.5 Å². The van der Waals surface area contributed by atoms with E-state index in [9.17, 15) is 9.90 Å². The lowest BCUT2D eigenvalue weighted by Gasteiger charge is -2.34. The van der Waals surface area contributed by atoms with Gasteiger partial charge >= 0.3 is 0 Å². The van der Waals surface area contributed by atoms with Gasteiger partial charge in [0.2, 0.25) is 5.91 Å². The molecule has 1 heterocycles. The van der Waals surface area contributed by atoms with Crippen LogP contribution in [0, 0.1) is 11.8 Å². The molecule has 3 nitrogen and oxygen atoms in total. The van der Waals surface area contributed by atoms with Crippen molar-refractivity contribution in [2.75, 3.05) is 13.1 Å². The summed E-state index contributed by atoms with van der Waals surface area (Å²) in [5, 5.41) is 9.56. The summed E-state index contributed by atoms with van der Waals surface area (Å²) in [5.41, 5.74) is 0. The van der Waals surface area contributed by atoms with Gasteiger partial charge in [0.15, 0.2) is 0 Å². The average Bonchev–Trinajstić information content (AvgIpc) is 2.18. The lowest BCUT2D eigenvalue weighted by Crippen LogP contribution is -2.44. The highest BCUT2D eigenvalue weighted by atomic mass is 16.3. The number of carbonyl (C=O) groups is 1. The molecular formula is C12H23NO2. The fourth-order valence-corrected chi connectivity index (χ4v) is 1.93. The standard InChI is InChI=1S/C12H23NO2/c1-9(2)4-5-12(15)13-7-6-11(14)10(3)8-13/h9-11,14H,4-8H2,1-3H3. The highest BCUT2D eigenvalue weighted by molar-refractivity contribution is 5.76. The van der Waals surface area contributed by atoms with E-state index in [4.69, 9.17) is 0 Å². The Morgan fingerprint density at radius 2 is 2.20 bits per heavy atom. The third-order valence-corrected chi connectivity index (χ3v) is 3.15. The maximum absolute atomic E-state index is 11.8. The number of hydrogen-bond acceptors (Lipinski definition) is 2. The van der Waals surface area contributed by atoms with Crippen molar-refractivity contribution in [3.8, 4) is 0 Å². The Morgan fingerprint density at radius 1 is 1.53 bits per heavy atom. The second kappa shape index (κ2) is 5.50. The van der Waals surface area contributed by atoms with E-state index in [1.807, 2.05) is 11.8 Å². The first kappa shape index (κ1) is 12.5. The van der Waals surface area contributed by atoms with Crippen molar-refractivity contribution in [1.82, 2.24) is 4.90 Å². The number of likely N-dealkylation sites (tertiary alicyclic amines) is 1. The van der Waals surface area contributed by atoms with Crippen LogP contribution in [0.1, 0.15) is 40.0 Å². The maximum atomic E-state index is 11.8. The van der Waals surface area contributed by atoms with Gasteiger partial charge in [-0.3, -0.25) is 4.79 Å². The van der Waals surface area contributed by atoms with Crippen LogP contribution in [0.5, 0.6) is 0 Å². The van der Waals surface area contributed by atoms with E-state index in [-0.39, 0.29) is 17.9 Å². The Kier molecular flexibility index (Phi) is 4.58. The van der Waals surface area contributed by atoms with E-state index in [2.05, 4.69) is 13.8 Å². The first-order valence-electron chi connectivity index (χ1n) is 5.96. The molecule has 0 bridgehead atoms. The number of piperidine rings is 1. The molecular weight excluding hydrogens is 190 g/mol. The molecule has 1 rings (SSSR count). The first-order valence-corrected chi connectivity index (χ1v) is 5.96. The van der Waals surface area contributed by atoms with Gasteiger partial charge in [-0.25, -0.2) is 0 Å². The molecule has 0 saturated carbocycles. The molecule has 0 spiro atoms. The van der Waals surface area contributed by atoms with Crippen LogP contribution in [-0.2, 0) is 4.79 Å². The van der Waals surface area contributed by atoms with Crippen LogP contribution in [0.3, 0.4) is 0 Å². The van der Waals surface area contributed by atoms with Gasteiger partial charge in [0.25, 0.3) is 0 Å². The molecule has 0 aromatic heterocycles. The molecule has 0 aliphatic carbocycles. The second-order valence-electron chi connectivity index (χ2n) is 5.11. The number of rotatable bonds is 3. The summed E-state index contributed by atoms with van der Waals surface area (Å²) in [4.78, 5) is 13.7. The lowest BCUT2D eigenvalue weighted by atomic mass is 9.96. The summed E-state index contributed by atoms with van der Waals surface area (Å²) in [6.45, 7) is 7.72. The fraction of sp³-hybridized carbons (Fsp3) is 0.917. The van der Waals surface area contributed by atoms with Crippen molar-refractivity contribution in [3.63, 3.8) is 0 Å². The van der Waals surface area contributed by atoms with Gasteiger partial charge in [-0.1, -0.05) is 20.8 Å². The van der Waals surface area contributed by atoms with Crippen LogP contribution in [0.4, 0.5) is 0 Å². The van der Waals surface area contributed by atoms with Crippen LogP contribution in [-0.4, -0.2) is 35.1 Å². The van der Waals surface area contributed by atoms with E-state index in [0.29, 0.717) is 12.3 Å². The molecule has 1 aliphatic rings. The van der Waals surface area contributed by atoms with Crippen LogP contribution < -0.4 is 0 Å². The van der Waals surface area contributed by atoms with Crippen molar-refractivity contribution in [2.45, 2.75) is 46.1 Å². The zero-order valence-electron chi connectivity index (χ0n) is 10.1. The van der Waals surface area contributed by atoms with E-state index in [1.165, 1.54) is 0 Å². The van der Waals surface area contributed by atoms with Crippen LogP contribution in [0.2, 0.25) is 0 Å². The third-order valence-electron chi connectivity index (χ3n) is 3.15. The Hall–Kier alpha value is -0.570. The first-order chi connectivity index (χ1) is 7.00. The number of carbonyl (C=O) groups excluding carboxylic acids is 1. The molecule has 2 unspecified atom stereocenters. The maximum Gasteiger partial charge on any atom is 0.222 e. The number of nitrogens with zero attached hydrogens (tertiary/aromatic N) is 1. The zero-order valence-corrected chi connectivity index (χ0v) is 10.1. The van der Waals surface area contributed by atoms with Crippen LogP contribution in [0.25, 0.3) is 0 Å². The summed E-state index contributed by atoms with van der Waals surface area (Å²) in [7, 11) is 0. The SMILES string of the molecule is CC(C)CCC(=O)N1CCC(O)C(C)C1. The summed E-state index contributed by atoms with van der Waals surface area (Å²) in [5.74, 6) is 1.06. The lowest BCUT2D eigenvalue weighted by molar-refractivity contribution is -0.135. The molecule has 0 aromatic carbocycles. The fourth-order valence-electron chi connectivity index (χ4n) is 1.93. The van der Waals surface area contributed by atoms with Gasteiger partial charge in [0, 0.05) is 19.5 Å². The molecule has 1 fully saturated rings. The number of amides is 1. The minimum Gasteiger partial charge on any atom is -0.393 e. The minimum absolute atomic E-state index is 0.223. The number of hydrogen-bond donors (Lipinski definition) is 1. The normalized spacial score (nSPS) is 27.1. The van der Waals surface area contributed by atoms with E-state index in [0.717, 1.165) is 25.9 Å². The molecule has 0 radical (unpaired) electrons. The van der Waals surface area contributed by atoms with Crippen molar-refractivity contribution in [3.05, 3.63) is 0 Å². The number of aliphatic hydroxyl groups excluding tert-OH is 1. The molecule has 1 N–H and O–H groups in total. The second-order valence-corrected chi connectivity index (χ2v) is 5.11. The predicted octanol–water partition coefficient (Wildman–Crippen LogP) is 1.65. The molecule has 0 aromatic rings. The smallest absolute Gasteiger partial charge is 0.222 e. The molecule has 3 heteroatoms. The monoisotopic (exact) mass is 213 g/mol. The van der Waals surface area contributed by atoms with Gasteiger partial charge in [0.05, 0.1) is 6.10 Å². The van der Waals surface area contributed by atoms with Gasteiger partial charge in [-0.15, -0.1) is 0 Å². The van der Waals surface area contributed by atoms with E-state index >= 15 is 0 Å². The van der Waals surface area contributed by atoms with Gasteiger partial charge in [0.1, 0.15) is 0 Å². The zero-order chi connectivity index (χ0) is 11.4. The Labute approximate surface area is 92.5 Å². The summed E-state index contributed by atoms with van der Waals surface area (Å²) < 4.78 is 0. The molecule has 1 amide bonds. The van der Waals surface area contributed by atoms with Crippen LogP contribution >= 0.6 is 0 Å². The van der Waals surface area contributed by atoms with Crippen molar-refractivity contribution in [2.24, 2.45) is 11.8 Å². The Balaban J connectivity index is 2.34. The van der Waals surface area contributed by atoms with Crippen molar-refractivity contribution < 1.29 is 9.90 Å². The molecule has 1 saturated heterocycles. The highest BCUT2D eigenvalue weighted by Gasteiger charge is 2.26. The summed E-state index contributed by atoms with van der Waals surface area (Å²) >= 11 is 0. The molecule has 1 aliphatic heterocycles. The highest BCUT2D eigenvalue weighted by Crippen LogP contribution is 2.18. The van der Waals surface area contributed by atoms with E-state index in [1.54, 1.807) is 0 Å². The number of aliphatic hydroxyl groups is 1. The Morgan fingerprint density at radius 3 is 2.73 bits per heavy atom. The largest absolute Gasteiger partial charge is 0.393 e. The van der Waals surface area contributed by atoms with Gasteiger partial charge in [-0.2, -0.15) is 0 Å². The van der Waals surface area contributed by atoms with Crippen molar-refractivity contribution in [1.29, 1.82) is 0 Å². The molecule has 88 valence electrons. The minimum atomic E-state index is -0.223. The Bertz CT molecular complexity index is 216. The summed E-state index contributed by atoms with van der Waals surface area (Å²) in [6.07, 6.45) is 2.13. The average molecular weight is 213 g/mol. The predicted molar refractivity (Wildman–Crippen MR) is 60.4 cm³/mol.